The minimum absolute atomic E-state index is 0.558. The van der Waals surface area contributed by atoms with Crippen molar-refractivity contribution in [1.82, 2.24) is 19.8 Å². The second-order valence-corrected chi connectivity index (χ2v) is 11.8. The van der Waals surface area contributed by atoms with Crippen LogP contribution in [0.5, 0.6) is 23.0 Å². The van der Waals surface area contributed by atoms with Crippen molar-refractivity contribution in [3.8, 4) is 45.5 Å². The highest BCUT2D eigenvalue weighted by Gasteiger charge is 2.19. The molecule has 2 aromatic heterocycles. The average Bonchev–Trinajstić information content (AvgIpc) is 3.20. The Morgan fingerprint density at radius 3 is 1.29 bits per heavy atom. The molecular formula is C40H44N4O12. The largest absolute Gasteiger partial charge is 0.497 e. The highest BCUT2D eigenvalue weighted by Crippen LogP contribution is 2.41. The zero-order chi connectivity index (χ0) is 41.0. The van der Waals surface area contributed by atoms with E-state index < -0.39 is 23.9 Å². The van der Waals surface area contributed by atoms with Crippen molar-refractivity contribution in [2.24, 2.45) is 0 Å². The average molecular weight is 773 g/mol. The van der Waals surface area contributed by atoms with Gasteiger partial charge in [-0.15, -0.1) is 0 Å². The number of nitrogens with zero attached hydrogens (tertiary/aromatic N) is 4. The van der Waals surface area contributed by atoms with Crippen LogP contribution in [0.2, 0.25) is 0 Å². The van der Waals surface area contributed by atoms with E-state index in [2.05, 4.69) is 56.2 Å². The molecule has 0 radical (unpaired) electrons. The number of benzene rings is 2. The van der Waals surface area contributed by atoms with Crippen LogP contribution in [0.3, 0.4) is 0 Å². The summed E-state index contributed by atoms with van der Waals surface area (Å²) in [5.74, 6) is -2.37. The van der Waals surface area contributed by atoms with Crippen LogP contribution >= 0.6 is 0 Å². The zero-order valence-electron chi connectivity index (χ0n) is 31.3. The lowest BCUT2D eigenvalue weighted by Crippen LogP contribution is -2.45. The van der Waals surface area contributed by atoms with Crippen LogP contribution < -0.4 is 18.9 Å². The van der Waals surface area contributed by atoms with E-state index in [9.17, 15) is 19.2 Å². The van der Waals surface area contributed by atoms with Gasteiger partial charge in [-0.05, 0) is 71.8 Å². The Morgan fingerprint density at radius 2 is 0.946 bits per heavy atom. The molecule has 1 aliphatic rings. The van der Waals surface area contributed by atoms with E-state index in [1.54, 1.807) is 28.4 Å². The minimum atomic E-state index is -1.26. The van der Waals surface area contributed by atoms with Crippen LogP contribution in [0.1, 0.15) is 11.1 Å². The molecule has 56 heavy (non-hydrogen) atoms. The molecule has 0 aliphatic carbocycles. The molecule has 2 aromatic carbocycles. The van der Waals surface area contributed by atoms with E-state index in [1.165, 1.54) is 11.1 Å². The zero-order valence-corrected chi connectivity index (χ0v) is 31.3. The number of hydrogen-bond donors (Lipinski definition) is 4. The maximum atomic E-state index is 9.55. The maximum absolute atomic E-state index is 9.55. The molecule has 3 heterocycles. The normalized spacial score (nSPS) is 12.8. The fourth-order valence-corrected chi connectivity index (χ4v) is 5.36. The molecule has 0 spiro atoms. The summed E-state index contributed by atoms with van der Waals surface area (Å²) in [6.45, 7) is 5.86. The number of rotatable bonds is 14. The van der Waals surface area contributed by atoms with Crippen LogP contribution in [-0.4, -0.2) is 119 Å². The second-order valence-electron chi connectivity index (χ2n) is 11.8. The number of carboxylic acids is 4. The van der Waals surface area contributed by atoms with Gasteiger partial charge in [-0.25, -0.2) is 19.2 Å². The molecule has 0 bridgehead atoms. The Labute approximate surface area is 323 Å². The van der Waals surface area contributed by atoms with E-state index in [0.29, 0.717) is 41.6 Å². The standard InChI is InChI=1S/C32H36N4O4.2C4H4O4/c1-37-27-7-5-25(6-8-27)28-17-23(9-11-33-28)21-35-13-15-36(16-14-35)22-24-10-12-34-29(18-24)26-19-30(38-2)32(40-4)31(20-26)39-3;2*5-3(6)1-2-4(7)8/h5-12,17-20H,13-16,21-22H2,1-4H3;2*1-2H,(H,5,6)(H,7,8). The molecule has 5 rings (SSSR count). The summed E-state index contributed by atoms with van der Waals surface area (Å²) in [7, 11) is 6.54. The molecule has 0 unspecified atom stereocenters. The van der Waals surface area contributed by atoms with Gasteiger partial charge >= 0.3 is 23.9 Å². The molecule has 16 nitrogen and oxygen atoms in total. The molecular weight excluding hydrogens is 728 g/mol. The molecule has 0 atom stereocenters. The minimum Gasteiger partial charge on any atom is -0.497 e. The van der Waals surface area contributed by atoms with Crippen LogP contribution in [0.15, 0.2) is 97.4 Å². The number of piperazine rings is 1. The molecule has 16 heteroatoms. The van der Waals surface area contributed by atoms with Gasteiger partial charge in [-0.1, -0.05) is 0 Å². The summed E-state index contributed by atoms with van der Waals surface area (Å²) in [4.78, 5) is 52.4. The summed E-state index contributed by atoms with van der Waals surface area (Å²) in [5.41, 5.74) is 6.38. The van der Waals surface area contributed by atoms with E-state index in [-0.39, 0.29) is 0 Å². The molecule has 0 amide bonds. The molecule has 1 saturated heterocycles. The lowest BCUT2D eigenvalue weighted by molar-refractivity contribution is -0.134. The van der Waals surface area contributed by atoms with Crippen LogP contribution in [0.4, 0.5) is 0 Å². The number of hydrogen-bond acceptors (Lipinski definition) is 12. The first-order chi connectivity index (χ1) is 26.8. The van der Waals surface area contributed by atoms with Gasteiger partial charge in [0.2, 0.25) is 5.75 Å². The molecule has 1 fully saturated rings. The van der Waals surface area contributed by atoms with E-state index in [0.717, 1.165) is 67.5 Å². The second kappa shape index (κ2) is 22.4. The SMILES string of the molecule is COc1ccc(-c2cc(CN3CCN(Cc4ccnc(-c5cc(OC)c(OC)c(OC)c5)c4)CC3)ccn2)cc1.O=C(O)C=CC(=O)O.O=C(O)C=CC(=O)O. The number of carboxylic acid groups (broad SMARTS) is 4. The van der Waals surface area contributed by atoms with Gasteiger partial charge in [0.15, 0.2) is 11.5 Å². The summed E-state index contributed by atoms with van der Waals surface area (Å²) in [6.07, 6.45) is 6.00. The number of aromatic nitrogens is 2. The van der Waals surface area contributed by atoms with Crippen LogP contribution in [-0.2, 0) is 32.3 Å². The van der Waals surface area contributed by atoms with Crippen molar-refractivity contribution < 1.29 is 58.6 Å². The van der Waals surface area contributed by atoms with Crippen LogP contribution in [0.25, 0.3) is 22.5 Å². The predicted octanol–water partition coefficient (Wildman–Crippen LogP) is 4.59. The summed E-state index contributed by atoms with van der Waals surface area (Å²) in [5, 5.41) is 31.2. The van der Waals surface area contributed by atoms with Crippen molar-refractivity contribution in [3.05, 3.63) is 108 Å². The number of aliphatic carboxylic acids is 4. The number of methoxy groups -OCH3 is 4. The first-order valence-corrected chi connectivity index (χ1v) is 16.9. The Bertz CT molecular complexity index is 1900. The smallest absolute Gasteiger partial charge is 0.328 e. The topological polar surface area (TPSA) is 218 Å². The number of pyridine rings is 2. The van der Waals surface area contributed by atoms with Crippen molar-refractivity contribution in [2.45, 2.75) is 13.1 Å². The van der Waals surface area contributed by atoms with Gasteiger partial charge < -0.3 is 39.4 Å². The van der Waals surface area contributed by atoms with Crippen LogP contribution in [0, 0.1) is 0 Å². The third-order valence-electron chi connectivity index (χ3n) is 8.01. The van der Waals surface area contributed by atoms with Crippen molar-refractivity contribution in [2.75, 3.05) is 54.6 Å². The first kappa shape index (κ1) is 43.6. The van der Waals surface area contributed by atoms with E-state index in [4.69, 9.17) is 39.4 Å². The quantitative estimate of drug-likeness (QED) is 0.129. The fraction of sp³-hybridized carbons (Fsp3) is 0.250. The lowest BCUT2D eigenvalue weighted by Gasteiger charge is -2.34. The molecule has 0 saturated carbocycles. The molecule has 1 aliphatic heterocycles. The monoisotopic (exact) mass is 772 g/mol. The van der Waals surface area contributed by atoms with E-state index >= 15 is 0 Å². The van der Waals surface area contributed by atoms with E-state index in [1.807, 2.05) is 36.7 Å². The van der Waals surface area contributed by atoms with Gasteiger partial charge in [-0.3, -0.25) is 19.8 Å². The predicted molar refractivity (Wildman–Crippen MR) is 205 cm³/mol. The Kier molecular flexibility index (Phi) is 17.5. The van der Waals surface area contributed by atoms with Gasteiger partial charge in [-0.2, -0.15) is 0 Å². The summed E-state index contributed by atoms with van der Waals surface area (Å²) >= 11 is 0. The summed E-state index contributed by atoms with van der Waals surface area (Å²) < 4.78 is 21.8. The third kappa shape index (κ3) is 14.6. The number of carbonyl (C=O) groups is 4. The van der Waals surface area contributed by atoms with Gasteiger partial charge in [0.1, 0.15) is 5.75 Å². The third-order valence-corrected chi connectivity index (χ3v) is 8.01. The molecule has 296 valence electrons. The Hall–Kier alpha value is -6.78. The fourth-order valence-electron chi connectivity index (χ4n) is 5.36. The van der Waals surface area contributed by atoms with Gasteiger partial charge in [0.05, 0.1) is 39.8 Å². The van der Waals surface area contributed by atoms with Gasteiger partial charge in [0, 0.05) is 87.1 Å². The van der Waals surface area contributed by atoms with Gasteiger partial charge in [0.25, 0.3) is 0 Å². The highest BCUT2D eigenvalue weighted by atomic mass is 16.5. The Morgan fingerprint density at radius 1 is 0.554 bits per heavy atom. The molecule has 4 aromatic rings. The number of ether oxygens (including phenoxy) is 4. The summed E-state index contributed by atoms with van der Waals surface area (Å²) in [6, 6.07) is 20.5. The Balaban J connectivity index is 0.000000441. The molecule has 4 N–H and O–H groups in total. The first-order valence-electron chi connectivity index (χ1n) is 16.9. The van der Waals surface area contributed by atoms with Crippen molar-refractivity contribution >= 4 is 23.9 Å². The highest BCUT2D eigenvalue weighted by molar-refractivity contribution is 5.90. The van der Waals surface area contributed by atoms with Crippen molar-refractivity contribution in [1.29, 1.82) is 0 Å². The van der Waals surface area contributed by atoms with Crippen molar-refractivity contribution in [3.63, 3.8) is 0 Å². The maximum Gasteiger partial charge on any atom is 0.328 e. The lowest BCUT2D eigenvalue weighted by atomic mass is 10.1.